The average Bonchev–Trinajstić information content (AvgIpc) is 3.45. The number of anilines is 2. The van der Waals surface area contributed by atoms with Gasteiger partial charge in [-0.05, 0) is 74.3 Å². The van der Waals surface area contributed by atoms with Gasteiger partial charge in [0.2, 0.25) is 0 Å². The maximum Gasteiger partial charge on any atom is 0.0725 e. The van der Waals surface area contributed by atoms with Crippen molar-refractivity contribution in [3.63, 3.8) is 0 Å². The number of benzene rings is 6. The predicted molar refractivity (Wildman–Crippen MR) is 158 cm³/mol. The number of rotatable bonds is 3. The Kier molecular flexibility index (Phi) is 4.50. The highest BCUT2D eigenvalue weighted by molar-refractivity contribution is 5.96. The van der Waals surface area contributed by atoms with Gasteiger partial charge in [-0.1, -0.05) is 121 Å². The molecule has 0 saturated heterocycles. The van der Waals surface area contributed by atoms with Crippen molar-refractivity contribution >= 4 is 11.4 Å². The molecule has 1 spiro atoms. The Hall–Kier alpha value is -4.88. The molecule has 0 bridgehead atoms. The zero-order valence-electron chi connectivity index (χ0n) is 20.9. The van der Waals surface area contributed by atoms with E-state index in [2.05, 4.69) is 145 Å². The summed E-state index contributed by atoms with van der Waals surface area (Å²) in [6, 6.07) is 53.0. The van der Waals surface area contributed by atoms with Crippen LogP contribution in [0.3, 0.4) is 0 Å². The second-order valence-corrected chi connectivity index (χ2v) is 10.2. The number of fused-ring (bicyclic) bond motifs is 10. The third-order valence-electron chi connectivity index (χ3n) is 8.29. The molecular weight excluding hydrogens is 458 g/mol. The second-order valence-electron chi connectivity index (χ2n) is 10.2. The third kappa shape index (κ3) is 2.82. The molecule has 1 N–H and O–H groups in total. The first-order chi connectivity index (χ1) is 18.9. The molecule has 0 atom stereocenters. The van der Waals surface area contributed by atoms with E-state index >= 15 is 0 Å². The SMILES string of the molecule is c1ccc(Nc2ccccc2-c2ccc3c(c2)C2(c4ccccc4-c4ccccc42)c2ccccc2-3)cc1. The van der Waals surface area contributed by atoms with Crippen molar-refractivity contribution in [1.29, 1.82) is 0 Å². The average molecular weight is 484 g/mol. The third-order valence-corrected chi connectivity index (χ3v) is 8.29. The molecule has 38 heavy (non-hydrogen) atoms. The summed E-state index contributed by atoms with van der Waals surface area (Å²) < 4.78 is 0. The van der Waals surface area contributed by atoms with Gasteiger partial charge in [0.05, 0.1) is 5.41 Å². The molecule has 6 aromatic rings. The summed E-state index contributed by atoms with van der Waals surface area (Å²) in [5.74, 6) is 0. The number of hydrogen-bond acceptors (Lipinski definition) is 1. The molecule has 2 aliphatic carbocycles. The molecule has 0 heterocycles. The molecule has 178 valence electrons. The minimum atomic E-state index is -0.322. The number of hydrogen-bond donors (Lipinski definition) is 1. The molecule has 0 unspecified atom stereocenters. The van der Waals surface area contributed by atoms with Gasteiger partial charge in [0.25, 0.3) is 0 Å². The smallest absolute Gasteiger partial charge is 0.0725 e. The minimum absolute atomic E-state index is 0.322. The van der Waals surface area contributed by atoms with Crippen molar-refractivity contribution < 1.29 is 0 Å². The number of nitrogens with one attached hydrogen (secondary N) is 1. The lowest BCUT2D eigenvalue weighted by atomic mass is 9.70. The molecule has 0 saturated carbocycles. The maximum absolute atomic E-state index is 3.65. The van der Waals surface area contributed by atoms with Crippen molar-refractivity contribution in [1.82, 2.24) is 0 Å². The molecule has 0 radical (unpaired) electrons. The summed E-state index contributed by atoms with van der Waals surface area (Å²) in [6.45, 7) is 0. The lowest BCUT2D eigenvalue weighted by molar-refractivity contribution is 0.794. The van der Waals surface area contributed by atoms with Gasteiger partial charge < -0.3 is 5.32 Å². The monoisotopic (exact) mass is 483 g/mol. The highest BCUT2D eigenvalue weighted by atomic mass is 14.9. The standard InChI is InChI=1S/C37H25N/c1-2-12-26(13-3-1)38-36-21-11-7-14-27(36)25-22-23-31-30-17-6-10-20-34(30)37(35(31)24-25)32-18-8-4-15-28(32)29-16-5-9-19-33(29)37/h1-24,38H. The van der Waals surface area contributed by atoms with Crippen molar-refractivity contribution in [3.8, 4) is 33.4 Å². The van der Waals surface area contributed by atoms with E-state index in [0.717, 1.165) is 11.4 Å². The topological polar surface area (TPSA) is 12.0 Å². The lowest BCUT2D eigenvalue weighted by Gasteiger charge is -2.30. The first kappa shape index (κ1) is 21.2. The van der Waals surface area contributed by atoms with Gasteiger partial charge in [0, 0.05) is 16.9 Å². The van der Waals surface area contributed by atoms with Crippen LogP contribution in [0.25, 0.3) is 33.4 Å². The fourth-order valence-corrected chi connectivity index (χ4v) is 6.78. The van der Waals surface area contributed by atoms with Crippen molar-refractivity contribution in [2.45, 2.75) is 5.41 Å². The molecule has 1 heteroatoms. The van der Waals surface area contributed by atoms with Crippen LogP contribution >= 0.6 is 0 Å². The van der Waals surface area contributed by atoms with Gasteiger partial charge in [0.1, 0.15) is 0 Å². The van der Waals surface area contributed by atoms with Crippen molar-refractivity contribution in [2.75, 3.05) is 5.32 Å². The Balaban J connectivity index is 1.40. The van der Waals surface area contributed by atoms with Crippen LogP contribution < -0.4 is 5.32 Å². The van der Waals surface area contributed by atoms with Gasteiger partial charge in [-0.3, -0.25) is 0 Å². The molecular formula is C37H25N. The van der Waals surface area contributed by atoms with Gasteiger partial charge >= 0.3 is 0 Å². The van der Waals surface area contributed by atoms with Crippen LogP contribution in [0.4, 0.5) is 11.4 Å². The summed E-state index contributed by atoms with van der Waals surface area (Å²) in [5.41, 5.74) is 15.1. The van der Waals surface area contributed by atoms with E-state index in [1.54, 1.807) is 0 Å². The zero-order valence-corrected chi connectivity index (χ0v) is 20.9. The molecule has 0 amide bonds. The van der Waals surface area contributed by atoms with E-state index in [4.69, 9.17) is 0 Å². The molecule has 8 rings (SSSR count). The fraction of sp³-hybridized carbons (Fsp3) is 0.0270. The maximum atomic E-state index is 3.65. The van der Waals surface area contributed by atoms with Gasteiger partial charge in [-0.25, -0.2) is 0 Å². The van der Waals surface area contributed by atoms with Crippen molar-refractivity contribution in [3.05, 3.63) is 168 Å². The van der Waals surface area contributed by atoms with Crippen LogP contribution in [0.1, 0.15) is 22.3 Å². The van der Waals surface area contributed by atoms with Crippen LogP contribution in [0, 0.1) is 0 Å². The highest BCUT2D eigenvalue weighted by Crippen LogP contribution is 2.63. The van der Waals surface area contributed by atoms with Gasteiger partial charge in [-0.15, -0.1) is 0 Å². The van der Waals surface area contributed by atoms with Crippen LogP contribution in [0.5, 0.6) is 0 Å². The first-order valence-electron chi connectivity index (χ1n) is 13.2. The van der Waals surface area contributed by atoms with E-state index in [1.165, 1.54) is 55.6 Å². The zero-order chi connectivity index (χ0) is 25.1. The minimum Gasteiger partial charge on any atom is -0.355 e. The summed E-state index contributed by atoms with van der Waals surface area (Å²) in [7, 11) is 0. The second kappa shape index (κ2) is 8.06. The van der Waals surface area contributed by atoms with Crippen LogP contribution in [-0.2, 0) is 5.41 Å². The van der Waals surface area contributed by atoms with E-state index in [-0.39, 0.29) is 5.41 Å². The van der Waals surface area contributed by atoms with Crippen LogP contribution in [0.15, 0.2) is 146 Å². The quantitative estimate of drug-likeness (QED) is 0.264. The molecule has 0 aliphatic heterocycles. The molecule has 6 aromatic carbocycles. The Bertz CT molecular complexity index is 1780. The van der Waals surface area contributed by atoms with Crippen LogP contribution in [-0.4, -0.2) is 0 Å². The molecule has 0 aromatic heterocycles. The molecule has 0 fully saturated rings. The van der Waals surface area contributed by atoms with Crippen LogP contribution in [0.2, 0.25) is 0 Å². The van der Waals surface area contributed by atoms with E-state index in [0.29, 0.717) is 0 Å². The highest BCUT2D eigenvalue weighted by Gasteiger charge is 2.51. The summed E-state index contributed by atoms with van der Waals surface area (Å²) in [4.78, 5) is 0. The summed E-state index contributed by atoms with van der Waals surface area (Å²) in [5, 5.41) is 3.65. The van der Waals surface area contributed by atoms with Gasteiger partial charge in [0.15, 0.2) is 0 Å². The largest absolute Gasteiger partial charge is 0.355 e. The fourth-order valence-electron chi connectivity index (χ4n) is 6.78. The van der Waals surface area contributed by atoms with Gasteiger partial charge in [-0.2, -0.15) is 0 Å². The first-order valence-corrected chi connectivity index (χ1v) is 13.2. The van der Waals surface area contributed by atoms with Crippen molar-refractivity contribution in [2.24, 2.45) is 0 Å². The summed E-state index contributed by atoms with van der Waals surface area (Å²) in [6.07, 6.45) is 0. The Morgan fingerprint density at radius 2 is 0.842 bits per heavy atom. The summed E-state index contributed by atoms with van der Waals surface area (Å²) >= 11 is 0. The Labute approximate surface area is 223 Å². The Morgan fingerprint density at radius 3 is 1.45 bits per heavy atom. The van der Waals surface area contributed by atoms with E-state index < -0.39 is 0 Å². The predicted octanol–water partition coefficient (Wildman–Crippen LogP) is 9.44. The van der Waals surface area contributed by atoms with E-state index in [1.807, 2.05) is 6.07 Å². The molecule has 1 nitrogen and oxygen atoms in total. The molecule has 2 aliphatic rings. The lowest BCUT2D eigenvalue weighted by Crippen LogP contribution is -2.25. The number of para-hydroxylation sites is 2. The normalized spacial score (nSPS) is 13.5. The van der Waals surface area contributed by atoms with E-state index in [9.17, 15) is 0 Å². The Morgan fingerprint density at radius 1 is 0.368 bits per heavy atom.